The van der Waals surface area contributed by atoms with Crippen LogP contribution in [0.4, 0.5) is 16.6 Å². The van der Waals surface area contributed by atoms with E-state index < -0.39 is 0 Å². The van der Waals surface area contributed by atoms with Crippen LogP contribution in [0.5, 0.6) is 0 Å². The van der Waals surface area contributed by atoms with Crippen LogP contribution < -0.4 is 10.2 Å². The maximum absolute atomic E-state index is 12.5. The second kappa shape index (κ2) is 6.98. The molecule has 1 amide bonds. The fourth-order valence-electron chi connectivity index (χ4n) is 2.39. The summed E-state index contributed by atoms with van der Waals surface area (Å²) in [6.45, 7) is 5.74. The maximum Gasteiger partial charge on any atom is 0.267 e. The van der Waals surface area contributed by atoms with Crippen LogP contribution in [0.25, 0.3) is 0 Å². The Hall–Kier alpha value is -2.80. The number of hydrogen-bond acceptors (Lipinski definition) is 6. The maximum atomic E-state index is 12.5. The van der Waals surface area contributed by atoms with Gasteiger partial charge < -0.3 is 10.2 Å². The van der Waals surface area contributed by atoms with Gasteiger partial charge in [-0.15, -0.1) is 0 Å². The SMILES string of the molecule is Cc1cc(N(C)c2ncc(C(=O)Nc3ccccc3C)s2)nc(C)n1. The van der Waals surface area contributed by atoms with Gasteiger partial charge in [0.1, 0.15) is 16.5 Å². The van der Waals surface area contributed by atoms with E-state index in [9.17, 15) is 4.79 Å². The summed E-state index contributed by atoms with van der Waals surface area (Å²) in [5.41, 5.74) is 2.71. The van der Waals surface area contributed by atoms with Gasteiger partial charge in [0.2, 0.25) is 0 Å². The second-order valence-electron chi connectivity index (χ2n) is 5.75. The van der Waals surface area contributed by atoms with Crippen LogP contribution in [-0.4, -0.2) is 27.9 Å². The number of aryl methyl sites for hydroxylation is 3. The molecule has 0 aliphatic heterocycles. The minimum Gasteiger partial charge on any atom is -0.321 e. The van der Waals surface area contributed by atoms with Crippen molar-refractivity contribution in [1.82, 2.24) is 15.0 Å². The molecular formula is C18H19N5OS. The number of thiazole rings is 1. The quantitative estimate of drug-likeness (QED) is 0.771. The van der Waals surface area contributed by atoms with Crippen LogP contribution in [0.2, 0.25) is 0 Å². The first-order valence-electron chi connectivity index (χ1n) is 7.83. The van der Waals surface area contributed by atoms with E-state index in [4.69, 9.17) is 0 Å². The highest BCUT2D eigenvalue weighted by atomic mass is 32.1. The third kappa shape index (κ3) is 3.83. The molecule has 6 nitrogen and oxygen atoms in total. The minimum absolute atomic E-state index is 0.165. The van der Waals surface area contributed by atoms with Crippen molar-refractivity contribution in [3.05, 3.63) is 58.5 Å². The van der Waals surface area contributed by atoms with E-state index >= 15 is 0 Å². The highest BCUT2D eigenvalue weighted by molar-refractivity contribution is 7.17. The van der Waals surface area contributed by atoms with Crippen molar-refractivity contribution in [2.45, 2.75) is 20.8 Å². The molecule has 3 rings (SSSR count). The second-order valence-corrected chi connectivity index (χ2v) is 6.76. The van der Waals surface area contributed by atoms with Crippen LogP contribution >= 0.6 is 11.3 Å². The summed E-state index contributed by atoms with van der Waals surface area (Å²) in [6, 6.07) is 9.57. The minimum atomic E-state index is -0.165. The van der Waals surface area contributed by atoms with Crippen molar-refractivity contribution >= 4 is 33.9 Å². The van der Waals surface area contributed by atoms with Gasteiger partial charge in [-0.05, 0) is 32.4 Å². The van der Waals surface area contributed by atoms with E-state index in [0.717, 1.165) is 22.8 Å². The molecule has 128 valence electrons. The Morgan fingerprint density at radius 1 is 1.16 bits per heavy atom. The summed E-state index contributed by atoms with van der Waals surface area (Å²) < 4.78 is 0. The van der Waals surface area contributed by atoms with Gasteiger partial charge in [-0.2, -0.15) is 0 Å². The van der Waals surface area contributed by atoms with E-state index in [0.29, 0.717) is 15.8 Å². The van der Waals surface area contributed by atoms with E-state index in [1.165, 1.54) is 11.3 Å². The van der Waals surface area contributed by atoms with Crippen LogP contribution in [-0.2, 0) is 0 Å². The third-order valence-corrected chi connectivity index (χ3v) is 4.77. The average Bonchev–Trinajstić information content (AvgIpc) is 3.05. The third-order valence-electron chi connectivity index (χ3n) is 3.69. The van der Waals surface area contributed by atoms with Crippen molar-refractivity contribution in [3.63, 3.8) is 0 Å². The summed E-state index contributed by atoms with van der Waals surface area (Å²) in [4.78, 5) is 27.9. The Morgan fingerprint density at radius 2 is 1.92 bits per heavy atom. The van der Waals surface area contributed by atoms with E-state index in [2.05, 4.69) is 20.3 Å². The molecule has 2 aromatic heterocycles. The number of carbonyl (C=O) groups excluding carboxylic acids is 1. The first-order valence-corrected chi connectivity index (χ1v) is 8.64. The van der Waals surface area contributed by atoms with Crippen LogP contribution in [0.15, 0.2) is 36.5 Å². The molecule has 0 aliphatic rings. The number of nitrogens with zero attached hydrogens (tertiary/aromatic N) is 4. The van der Waals surface area contributed by atoms with Crippen molar-refractivity contribution in [2.75, 3.05) is 17.3 Å². The fourth-order valence-corrected chi connectivity index (χ4v) is 3.17. The lowest BCUT2D eigenvalue weighted by atomic mass is 10.2. The Morgan fingerprint density at radius 3 is 2.64 bits per heavy atom. The number of carbonyl (C=O) groups is 1. The molecule has 0 aliphatic carbocycles. The Bertz CT molecular complexity index is 901. The molecule has 3 aromatic rings. The zero-order valence-corrected chi connectivity index (χ0v) is 15.4. The number of nitrogens with one attached hydrogen (secondary N) is 1. The van der Waals surface area contributed by atoms with Gasteiger partial charge in [0.25, 0.3) is 5.91 Å². The number of aromatic nitrogens is 3. The molecule has 0 fully saturated rings. The van der Waals surface area contributed by atoms with Crippen LogP contribution in [0.3, 0.4) is 0 Å². The molecule has 0 saturated heterocycles. The summed E-state index contributed by atoms with van der Waals surface area (Å²) in [5, 5.41) is 3.63. The van der Waals surface area contributed by atoms with Gasteiger partial charge in [0, 0.05) is 24.5 Å². The lowest BCUT2D eigenvalue weighted by molar-refractivity contribution is 0.103. The average molecular weight is 353 g/mol. The van der Waals surface area contributed by atoms with E-state index in [1.807, 2.05) is 63.1 Å². The van der Waals surface area contributed by atoms with Gasteiger partial charge in [-0.3, -0.25) is 4.79 Å². The summed E-state index contributed by atoms with van der Waals surface area (Å²) in [6.07, 6.45) is 1.59. The molecule has 25 heavy (non-hydrogen) atoms. The van der Waals surface area contributed by atoms with Gasteiger partial charge in [0.05, 0.1) is 6.20 Å². The predicted octanol–water partition coefficient (Wildman–Crippen LogP) is 3.88. The van der Waals surface area contributed by atoms with Gasteiger partial charge >= 0.3 is 0 Å². The molecule has 0 saturated carbocycles. The smallest absolute Gasteiger partial charge is 0.267 e. The number of benzene rings is 1. The number of para-hydroxylation sites is 1. The fraction of sp³-hybridized carbons (Fsp3) is 0.222. The zero-order chi connectivity index (χ0) is 18.0. The molecule has 0 radical (unpaired) electrons. The molecule has 0 spiro atoms. The first kappa shape index (κ1) is 17.0. The normalized spacial score (nSPS) is 10.6. The van der Waals surface area contributed by atoms with E-state index in [1.54, 1.807) is 6.20 Å². The summed E-state index contributed by atoms with van der Waals surface area (Å²) >= 11 is 1.32. The topological polar surface area (TPSA) is 71.0 Å². The van der Waals surface area contributed by atoms with Gasteiger partial charge in [0.15, 0.2) is 5.13 Å². The number of anilines is 3. The van der Waals surface area contributed by atoms with Crippen LogP contribution in [0.1, 0.15) is 26.8 Å². The van der Waals surface area contributed by atoms with Crippen molar-refractivity contribution in [2.24, 2.45) is 0 Å². The summed E-state index contributed by atoms with van der Waals surface area (Å²) in [7, 11) is 1.88. The van der Waals surface area contributed by atoms with Crippen molar-refractivity contribution in [1.29, 1.82) is 0 Å². The summed E-state index contributed by atoms with van der Waals surface area (Å²) in [5.74, 6) is 1.29. The number of rotatable bonds is 4. The van der Waals surface area contributed by atoms with Crippen molar-refractivity contribution < 1.29 is 4.79 Å². The number of hydrogen-bond donors (Lipinski definition) is 1. The molecule has 1 aromatic carbocycles. The molecule has 7 heteroatoms. The Kier molecular flexibility index (Phi) is 4.76. The molecular weight excluding hydrogens is 334 g/mol. The number of amides is 1. The molecule has 0 atom stereocenters. The van der Waals surface area contributed by atoms with Crippen molar-refractivity contribution in [3.8, 4) is 0 Å². The standard InChI is InChI=1S/C18H19N5OS/c1-11-7-5-6-8-14(11)22-17(24)15-10-19-18(25-15)23(4)16-9-12(2)20-13(3)21-16/h5-10H,1-4H3,(H,22,24). The molecule has 1 N–H and O–H groups in total. The Balaban J connectivity index is 1.79. The highest BCUT2D eigenvalue weighted by Crippen LogP contribution is 2.28. The monoisotopic (exact) mass is 353 g/mol. The largest absolute Gasteiger partial charge is 0.321 e. The lowest BCUT2D eigenvalue weighted by Crippen LogP contribution is -2.12. The predicted molar refractivity (Wildman–Crippen MR) is 101 cm³/mol. The van der Waals surface area contributed by atoms with Crippen LogP contribution in [0, 0.1) is 20.8 Å². The first-order chi connectivity index (χ1) is 11.9. The van der Waals surface area contributed by atoms with E-state index in [-0.39, 0.29) is 5.91 Å². The Labute approximate surface area is 150 Å². The molecule has 0 unspecified atom stereocenters. The van der Waals surface area contributed by atoms with Gasteiger partial charge in [-0.25, -0.2) is 15.0 Å². The van der Waals surface area contributed by atoms with Gasteiger partial charge in [-0.1, -0.05) is 29.5 Å². The lowest BCUT2D eigenvalue weighted by Gasteiger charge is -2.15. The zero-order valence-electron chi connectivity index (χ0n) is 14.6. The molecule has 2 heterocycles. The highest BCUT2D eigenvalue weighted by Gasteiger charge is 2.16. The molecule has 0 bridgehead atoms.